The molecule has 1 aromatic heterocycles. The number of ether oxygens (including phenoxy) is 1. The summed E-state index contributed by atoms with van der Waals surface area (Å²) in [5.74, 6) is -1.03. The van der Waals surface area contributed by atoms with Crippen LogP contribution in [0.5, 0.6) is 0 Å². The van der Waals surface area contributed by atoms with Crippen LogP contribution in [0.3, 0.4) is 0 Å². The third-order valence-corrected chi connectivity index (χ3v) is 4.71. The van der Waals surface area contributed by atoms with Crippen LogP contribution >= 0.6 is 11.8 Å². The first-order chi connectivity index (χ1) is 13.0. The number of furan rings is 1. The Morgan fingerprint density at radius 1 is 1.26 bits per heavy atom. The summed E-state index contributed by atoms with van der Waals surface area (Å²) in [5, 5.41) is 10.6. The Hall–Kier alpha value is -3.06. The van der Waals surface area contributed by atoms with Crippen molar-refractivity contribution in [2.24, 2.45) is 4.99 Å². The highest BCUT2D eigenvalue weighted by Gasteiger charge is 2.34. The van der Waals surface area contributed by atoms with E-state index in [1.165, 1.54) is 6.26 Å². The predicted octanol–water partition coefficient (Wildman–Crippen LogP) is 4.29. The van der Waals surface area contributed by atoms with Gasteiger partial charge in [-0.3, -0.25) is 4.79 Å². The van der Waals surface area contributed by atoms with Crippen LogP contribution in [0.2, 0.25) is 0 Å². The second kappa shape index (κ2) is 8.09. The Labute approximate surface area is 160 Å². The number of aliphatic imine (C=N–C) groups is 1. The number of nitrogens with zero attached hydrogens (tertiary/aromatic N) is 1. The molecule has 2 aromatic rings. The van der Waals surface area contributed by atoms with Crippen molar-refractivity contribution < 1.29 is 23.8 Å². The Bertz CT molecular complexity index is 953. The van der Waals surface area contributed by atoms with Gasteiger partial charge in [0.2, 0.25) is 0 Å². The minimum atomic E-state index is -0.735. The van der Waals surface area contributed by atoms with Crippen molar-refractivity contribution in [2.75, 3.05) is 6.61 Å². The van der Waals surface area contributed by atoms with E-state index in [2.05, 4.69) is 4.99 Å². The maximum absolute atomic E-state index is 12.5. The topological polar surface area (TPSA) is 89.1 Å². The van der Waals surface area contributed by atoms with Gasteiger partial charge in [-0.05, 0) is 44.2 Å². The maximum Gasteiger partial charge on any atom is 0.344 e. The van der Waals surface area contributed by atoms with Crippen molar-refractivity contribution in [3.8, 4) is 0 Å². The molecule has 7 heteroatoms. The van der Waals surface area contributed by atoms with Gasteiger partial charge in [-0.25, -0.2) is 9.79 Å². The van der Waals surface area contributed by atoms with Crippen LogP contribution in [0.4, 0.5) is 0 Å². The molecule has 0 saturated carbocycles. The first kappa shape index (κ1) is 18.7. The molecule has 2 heterocycles. The molecule has 1 aliphatic heterocycles. The number of esters is 1. The first-order valence-corrected chi connectivity index (χ1v) is 9.05. The highest BCUT2D eigenvalue weighted by atomic mass is 32.2. The van der Waals surface area contributed by atoms with E-state index in [1.54, 1.807) is 49.4 Å². The van der Waals surface area contributed by atoms with Gasteiger partial charge in [0, 0.05) is 5.56 Å². The SMILES string of the molecule is CCOC(=O)C1=C(O)/C(=C/c2ccco2)SC1=NC(=O)c1ccc(C)cc1. The van der Waals surface area contributed by atoms with Gasteiger partial charge in [0.1, 0.15) is 22.1 Å². The van der Waals surface area contributed by atoms with E-state index in [9.17, 15) is 14.7 Å². The summed E-state index contributed by atoms with van der Waals surface area (Å²) in [5.41, 5.74) is 1.28. The molecule has 1 N–H and O–H groups in total. The monoisotopic (exact) mass is 383 g/mol. The molecule has 0 spiro atoms. The second-order valence-electron chi connectivity index (χ2n) is 5.66. The first-order valence-electron chi connectivity index (χ1n) is 8.23. The van der Waals surface area contributed by atoms with Crippen molar-refractivity contribution >= 4 is 34.8 Å². The molecule has 0 unspecified atom stereocenters. The van der Waals surface area contributed by atoms with E-state index < -0.39 is 11.9 Å². The fraction of sp³-hybridized carbons (Fsp3) is 0.150. The molecular formula is C20H17NO5S. The van der Waals surface area contributed by atoms with Crippen LogP contribution in [-0.2, 0) is 9.53 Å². The van der Waals surface area contributed by atoms with Gasteiger partial charge in [0.05, 0.1) is 17.8 Å². The molecule has 138 valence electrons. The Kier molecular flexibility index (Phi) is 5.61. The van der Waals surface area contributed by atoms with Gasteiger partial charge in [0.25, 0.3) is 5.91 Å². The summed E-state index contributed by atoms with van der Waals surface area (Å²) in [6.07, 6.45) is 3.06. The number of aliphatic hydroxyl groups is 1. The zero-order chi connectivity index (χ0) is 19.4. The molecule has 1 amide bonds. The van der Waals surface area contributed by atoms with E-state index in [-0.39, 0.29) is 23.0 Å². The molecular weight excluding hydrogens is 366 g/mol. The molecule has 1 aliphatic rings. The summed E-state index contributed by atoms with van der Waals surface area (Å²) in [6, 6.07) is 10.3. The highest BCUT2D eigenvalue weighted by molar-refractivity contribution is 8.18. The standard InChI is InChI=1S/C20H17NO5S/c1-3-25-20(24)16-17(22)15(11-14-5-4-10-26-14)27-19(16)21-18(23)13-8-6-12(2)7-9-13/h4-11,22H,3H2,1-2H3/b15-11-,21-19?. The summed E-state index contributed by atoms with van der Waals surface area (Å²) in [7, 11) is 0. The number of carbonyl (C=O) groups is 2. The van der Waals surface area contributed by atoms with Gasteiger partial charge in [-0.2, -0.15) is 0 Å². The van der Waals surface area contributed by atoms with Crippen LogP contribution in [0, 0.1) is 6.92 Å². The van der Waals surface area contributed by atoms with E-state index in [0.717, 1.165) is 17.3 Å². The van der Waals surface area contributed by atoms with Crippen molar-refractivity contribution in [2.45, 2.75) is 13.8 Å². The average molecular weight is 383 g/mol. The van der Waals surface area contributed by atoms with Crippen LogP contribution < -0.4 is 0 Å². The van der Waals surface area contributed by atoms with Crippen molar-refractivity contribution in [1.82, 2.24) is 0 Å². The van der Waals surface area contributed by atoms with E-state index in [0.29, 0.717) is 16.2 Å². The number of amides is 1. The van der Waals surface area contributed by atoms with E-state index in [1.807, 2.05) is 6.92 Å². The lowest BCUT2D eigenvalue weighted by Gasteiger charge is -2.03. The normalized spacial score (nSPS) is 17.0. The summed E-state index contributed by atoms with van der Waals surface area (Å²) in [6.45, 7) is 3.71. The molecule has 27 heavy (non-hydrogen) atoms. The van der Waals surface area contributed by atoms with Gasteiger partial charge in [-0.1, -0.05) is 29.5 Å². The number of benzene rings is 1. The zero-order valence-corrected chi connectivity index (χ0v) is 15.6. The molecule has 0 radical (unpaired) electrons. The minimum absolute atomic E-state index is 0.0920. The summed E-state index contributed by atoms with van der Waals surface area (Å²) < 4.78 is 10.2. The number of aryl methyl sites for hydroxylation is 1. The van der Waals surface area contributed by atoms with Crippen molar-refractivity contribution in [3.05, 3.63) is 75.8 Å². The molecule has 0 saturated heterocycles. The lowest BCUT2D eigenvalue weighted by atomic mass is 10.1. The number of thioether (sulfide) groups is 1. The number of hydrogen-bond donors (Lipinski definition) is 1. The molecule has 0 aliphatic carbocycles. The van der Waals surface area contributed by atoms with E-state index in [4.69, 9.17) is 9.15 Å². The van der Waals surface area contributed by atoms with Crippen molar-refractivity contribution in [1.29, 1.82) is 0 Å². The van der Waals surface area contributed by atoms with Gasteiger partial charge >= 0.3 is 5.97 Å². The molecule has 0 atom stereocenters. The smallest absolute Gasteiger partial charge is 0.344 e. The summed E-state index contributed by atoms with van der Waals surface area (Å²) >= 11 is 1.01. The lowest BCUT2D eigenvalue weighted by molar-refractivity contribution is -0.138. The van der Waals surface area contributed by atoms with Crippen LogP contribution in [-0.4, -0.2) is 28.6 Å². The van der Waals surface area contributed by atoms with Gasteiger partial charge < -0.3 is 14.3 Å². The third kappa shape index (κ3) is 4.20. The predicted molar refractivity (Wildman–Crippen MR) is 104 cm³/mol. The molecule has 6 nitrogen and oxygen atoms in total. The van der Waals surface area contributed by atoms with Crippen LogP contribution in [0.25, 0.3) is 6.08 Å². The highest BCUT2D eigenvalue weighted by Crippen LogP contribution is 2.39. The Morgan fingerprint density at radius 3 is 2.63 bits per heavy atom. The summed E-state index contributed by atoms with van der Waals surface area (Å²) in [4.78, 5) is 29.1. The minimum Gasteiger partial charge on any atom is -0.506 e. The molecule has 1 aromatic carbocycles. The van der Waals surface area contributed by atoms with E-state index >= 15 is 0 Å². The fourth-order valence-electron chi connectivity index (χ4n) is 2.35. The largest absolute Gasteiger partial charge is 0.506 e. The fourth-order valence-corrected chi connectivity index (χ4v) is 3.34. The number of rotatable bonds is 4. The number of aliphatic hydroxyl groups excluding tert-OH is 1. The zero-order valence-electron chi connectivity index (χ0n) is 14.8. The lowest BCUT2D eigenvalue weighted by Crippen LogP contribution is -2.14. The van der Waals surface area contributed by atoms with Crippen LogP contribution in [0.1, 0.15) is 28.6 Å². The molecule has 3 rings (SSSR count). The second-order valence-corrected chi connectivity index (χ2v) is 6.69. The quantitative estimate of drug-likeness (QED) is 0.792. The average Bonchev–Trinajstić information content (AvgIpc) is 3.24. The molecule has 0 bridgehead atoms. The number of hydrogen-bond acceptors (Lipinski definition) is 6. The maximum atomic E-state index is 12.5. The Balaban J connectivity index is 1.98. The molecule has 0 fully saturated rings. The van der Waals surface area contributed by atoms with Gasteiger partial charge in [0.15, 0.2) is 0 Å². The Morgan fingerprint density at radius 2 is 2.00 bits per heavy atom. The van der Waals surface area contributed by atoms with Crippen molar-refractivity contribution in [3.63, 3.8) is 0 Å². The van der Waals surface area contributed by atoms with Crippen LogP contribution in [0.15, 0.2) is 68.3 Å². The van der Waals surface area contributed by atoms with Gasteiger partial charge in [-0.15, -0.1) is 0 Å². The number of carbonyl (C=O) groups excluding carboxylic acids is 2. The third-order valence-electron chi connectivity index (χ3n) is 3.69.